The third kappa shape index (κ3) is 4.66. The molecule has 140 valence electrons. The maximum Gasteiger partial charge on any atom is 0.119 e. The standard InChI is InChI=1S/C22H30N2OS/c1-2-10-23(11-3-1)12-5-14-25-21-7-8-22-20(16-21)9-13-24(22)17-19-6-4-15-26-18-19/h4,7-8,15-16,18H,1-3,5-6,9-14,17H2. The molecule has 0 saturated carbocycles. The number of fused-ring (bicyclic) bond motifs is 1. The van der Waals surface area contributed by atoms with Crippen LogP contribution in [0.1, 0.15) is 37.7 Å². The average molecular weight is 371 g/mol. The van der Waals surface area contributed by atoms with E-state index in [4.69, 9.17) is 4.74 Å². The minimum atomic E-state index is 0.829. The summed E-state index contributed by atoms with van der Waals surface area (Å²) in [6.07, 6.45) is 9.77. The zero-order valence-electron chi connectivity index (χ0n) is 15.7. The summed E-state index contributed by atoms with van der Waals surface area (Å²) in [5.41, 5.74) is 4.35. The molecule has 3 aliphatic heterocycles. The smallest absolute Gasteiger partial charge is 0.119 e. The highest BCUT2D eigenvalue weighted by Crippen LogP contribution is 2.33. The van der Waals surface area contributed by atoms with Gasteiger partial charge >= 0.3 is 0 Å². The number of anilines is 1. The van der Waals surface area contributed by atoms with Crippen LogP contribution >= 0.6 is 11.8 Å². The summed E-state index contributed by atoms with van der Waals surface area (Å²) in [5, 5.41) is 4.48. The fourth-order valence-electron chi connectivity index (χ4n) is 4.15. The van der Waals surface area contributed by atoms with Crippen molar-refractivity contribution in [3.8, 4) is 5.75 Å². The zero-order chi connectivity index (χ0) is 17.6. The second-order valence-corrected chi connectivity index (χ2v) is 8.33. The fraction of sp³-hybridized carbons (Fsp3) is 0.545. The lowest BCUT2D eigenvalue weighted by molar-refractivity contribution is 0.205. The van der Waals surface area contributed by atoms with E-state index in [-0.39, 0.29) is 0 Å². The minimum absolute atomic E-state index is 0.829. The first-order chi connectivity index (χ1) is 12.9. The molecule has 0 aliphatic carbocycles. The predicted octanol–water partition coefficient (Wildman–Crippen LogP) is 4.84. The molecular formula is C22H30N2OS. The quantitative estimate of drug-likeness (QED) is 0.638. The topological polar surface area (TPSA) is 15.7 Å². The monoisotopic (exact) mass is 370 g/mol. The van der Waals surface area contributed by atoms with Gasteiger partial charge in [-0.05, 0) is 85.3 Å². The van der Waals surface area contributed by atoms with Gasteiger partial charge in [0.2, 0.25) is 0 Å². The fourth-order valence-corrected chi connectivity index (χ4v) is 4.80. The van der Waals surface area contributed by atoms with Crippen LogP contribution < -0.4 is 9.64 Å². The molecule has 4 rings (SSSR count). The third-order valence-electron chi connectivity index (χ3n) is 5.56. The number of likely N-dealkylation sites (tertiary alicyclic amines) is 1. The molecule has 4 heteroatoms. The lowest BCUT2D eigenvalue weighted by Gasteiger charge is -2.26. The van der Waals surface area contributed by atoms with Gasteiger partial charge < -0.3 is 14.5 Å². The highest BCUT2D eigenvalue weighted by molar-refractivity contribution is 8.04. The van der Waals surface area contributed by atoms with Crippen LogP contribution in [0.2, 0.25) is 0 Å². The minimum Gasteiger partial charge on any atom is -0.494 e. The summed E-state index contributed by atoms with van der Waals surface area (Å²) < 4.78 is 6.04. The third-order valence-corrected chi connectivity index (χ3v) is 6.38. The van der Waals surface area contributed by atoms with Gasteiger partial charge in [0, 0.05) is 25.3 Å². The molecule has 0 atom stereocenters. The molecule has 1 fully saturated rings. The molecule has 1 aromatic rings. The number of piperidine rings is 1. The van der Waals surface area contributed by atoms with E-state index in [0.717, 1.165) is 44.7 Å². The van der Waals surface area contributed by atoms with Crippen molar-refractivity contribution < 1.29 is 4.74 Å². The first-order valence-corrected chi connectivity index (χ1v) is 11.0. The van der Waals surface area contributed by atoms with Gasteiger partial charge in [-0.3, -0.25) is 0 Å². The second kappa shape index (κ2) is 9.01. The molecule has 0 aromatic heterocycles. The molecule has 0 spiro atoms. The Morgan fingerprint density at radius 2 is 2.00 bits per heavy atom. The normalized spacial score (nSPS) is 20.2. The van der Waals surface area contributed by atoms with Gasteiger partial charge in [0.25, 0.3) is 0 Å². The van der Waals surface area contributed by atoms with Crippen LogP contribution in [0.5, 0.6) is 5.75 Å². The SMILES string of the molecule is C1=CSC=C(CN2CCc3cc(OCCCN4CCCCC4)ccc32)C1. The zero-order valence-corrected chi connectivity index (χ0v) is 16.5. The van der Waals surface area contributed by atoms with Crippen LogP contribution in [0.3, 0.4) is 0 Å². The van der Waals surface area contributed by atoms with Gasteiger partial charge in [-0.1, -0.05) is 12.5 Å². The largest absolute Gasteiger partial charge is 0.494 e. The summed E-state index contributed by atoms with van der Waals surface area (Å²) in [5.74, 6) is 1.04. The number of allylic oxidation sites excluding steroid dienone is 1. The van der Waals surface area contributed by atoms with Crippen LogP contribution in [-0.4, -0.2) is 44.2 Å². The van der Waals surface area contributed by atoms with Crippen LogP contribution in [0.4, 0.5) is 5.69 Å². The summed E-state index contributed by atoms with van der Waals surface area (Å²) in [4.78, 5) is 5.10. The number of nitrogens with zero attached hydrogens (tertiary/aromatic N) is 2. The molecule has 3 heterocycles. The van der Waals surface area contributed by atoms with Crippen LogP contribution in [0.15, 0.2) is 40.7 Å². The van der Waals surface area contributed by atoms with Crippen molar-refractivity contribution in [3.05, 3.63) is 46.2 Å². The Kier molecular flexibility index (Phi) is 6.23. The molecule has 1 aromatic carbocycles. The van der Waals surface area contributed by atoms with Crippen molar-refractivity contribution in [2.24, 2.45) is 0 Å². The average Bonchev–Trinajstić information content (AvgIpc) is 3.09. The molecule has 1 saturated heterocycles. The van der Waals surface area contributed by atoms with Crippen molar-refractivity contribution in [2.75, 3.05) is 44.2 Å². The maximum atomic E-state index is 6.04. The lowest BCUT2D eigenvalue weighted by atomic mass is 10.1. The first-order valence-electron chi connectivity index (χ1n) is 10.1. The van der Waals surface area contributed by atoms with Crippen molar-refractivity contribution >= 4 is 17.4 Å². The molecule has 0 amide bonds. The Hall–Kier alpha value is -1.39. The molecule has 3 nitrogen and oxygen atoms in total. The van der Waals surface area contributed by atoms with Gasteiger partial charge in [0.15, 0.2) is 0 Å². The van der Waals surface area contributed by atoms with E-state index in [1.807, 2.05) is 0 Å². The van der Waals surface area contributed by atoms with Gasteiger partial charge in [-0.2, -0.15) is 0 Å². The number of thioether (sulfide) groups is 1. The summed E-state index contributed by atoms with van der Waals surface area (Å²) >= 11 is 1.80. The van der Waals surface area contributed by atoms with E-state index in [9.17, 15) is 0 Å². The maximum absolute atomic E-state index is 6.04. The number of hydrogen-bond donors (Lipinski definition) is 0. The second-order valence-electron chi connectivity index (χ2n) is 7.55. The number of ether oxygens (including phenoxy) is 1. The Morgan fingerprint density at radius 3 is 2.85 bits per heavy atom. The molecule has 0 unspecified atom stereocenters. The molecule has 0 radical (unpaired) electrons. The molecular weight excluding hydrogens is 340 g/mol. The van der Waals surface area contributed by atoms with E-state index in [1.165, 1.54) is 55.7 Å². The van der Waals surface area contributed by atoms with Crippen molar-refractivity contribution in [2.45, 2.75) is 38.5 Å². The molecule has 3 aliphatic rings. The van der Waals surface area contributed by atoms with Crippen molar-refractivity contribution in [1.82, 2.24) is 4.90 Å². The van der Waals surface area contributed by atoms with E-state index < -0.39 is 0 Å². The van der Waals surface area contributed by atoms with Gasteiger partial charge in [0.1, 0.15) is 5.75 Å². The summed E-state index contributed by atoms with van der Waals surface area (Å²) in [7, 11) is 0. The van der Waals surface area contributed by atoms with Crippen molar-refractivity contribution in [3.63, 3.8) is 0 Å². The van der Waals surface area contributed by atoms with Crippen LogP contribution in [0, 0.1) is 0 Å². The summed E-state index contributed by atoms with van der Waals surface area (Å²) in [6.45, 7) is 6.74. The van der Waals surface area contributed by atoms with Gasteiger partial charge in [-0.25, -0.2) is 0 Å². The number of benzene rings is 1. The lowest BCUT2D eigenvalue weighted by Crippen LogP contribution is -2.31. The van der Waals surface area contributed by atoms with E-state index in [0.29, 0.717) is 0 Å². The Bertz CT molecular complexity index is 664. The Morgan fingerprint density at radius 1 is 1.08 bits per heavy atom. The Labute approximate surface area is 162 Å². The van der Waals surface area contributed by atoms with Crippen molar-refractivity contribution in [1.29, 1.82) is 0 Å². The molecule has 0 bridgehead atoms. The first kappa shape index (κ1) is 18.0. The summed E-state index contributed by atoms with van der Waals surface area (Å²) in [6, 6.07) is 6.68. The van der Waals surface area contributed by atoms with Crippen LogP contribution in [-0.2, 0) is 6.42 Å². The number of hydrogen-bond acceptors (Lipinski definition) is 4. The number of rotatable bonds is 7. The van der Waals surface area contributed by atoms with Crippen LogP contribution in [0.25, 0.3) is 0 Å². The van der Waals surface area contributed by atoms with Gasteiger partial charge in [-0.15, -0.1) is 11.8 Å². The molecule has 0 N–H and O–H groups in total. The predicted molar refractivity (Wildman–Crippen MR) is 112 cm³/mol. The highest BCUT2D eigenvalue weighted by atomic mass is 32.2. The van der Waals surface area contributed by atoms with E-state index in [1.54, 1.807) is 11.8 Å². The van der Waals surface area contributed by atoms with Gasteiger partial charge in [0.05, 0.1) is 6.61 Å². The van der Waals surface area contributed by atoms with E-state index >= 15 is 0 Å². The molecule has 26 heavy (non-hydrogen) atoms. The Balaban J connectivity index is 1.25. The van der Waals surface area contributed by atoms with E-state index in [2.05, 4.69) is 44.9 Å². The highest BCUT2D eigenvalue weighted by Gasteiger charge is 2.20.